The van der Waals surface area contributed by atoms with Gasteiger partial charge in [0.1, 0.15) is 13.2 Å². The lowest BCUT2D eigenvalue weighted by Crippen LogP contribution is -2.18. The van der Waals surface area contributed by atoms with E-state index in [9.17, 15) is 9.59 Å². The molecule has 6 nitrogen and oxygen atoms in total. The second kappa shape index (κ2) is 7.58. The highest BCUT2D eigenvalue weighted by Gasteiger charge is 2.19. The van der Waals surface area contributed by atoms with Crippen LogP contribution in [0.25, 0.3) is 0 Å². The van der Waals surface area contributed by atoms with Crippen molar-refractivity contribution in [2.45, 2.75) is 20.8 Å². The standard InChI is InChI=1S/C12H20O6/c1-12(2,3)9(8-18-11(14)16-5)6-7-17-10(13)15-4/h6H,7-8H2,1-5H3/b9-6-. The summed E-state index contributed by atoms with van der Waals surface area (Å²) in [4.78, 5) is 21.7. The fourth-order valence-electron chi connectivity index (χ4n) is 1.05. The van der Waals surface area contributed by atoms with E-state index in [2.05, 4.69) is 9.47 Å². The summed E-state index contributed by atoms with van der Waals surface area (Å²) >= 11 is 0. The lowest BCUT2D eigenvalue weighted by Gasteiger charge is -2.22. The van der Waals surface area contributed by atoms with Gasteiger partial charge >= 0.3 is 12.3 Å². The van der Waals surface area contributed by atoms with Gasteiger partial charge in [-0.2, -0.15) is 0 Å². The van der Waals surface area contributed by atoms with Crippen LogP contribution < -0.4 is 0 Å². The van der Waals surface area contributed by atoms with Gasteiger partial charge in [-0.3, -0.25) is 0 Å². The molecule has 0 aliphatic rings. The minimum absolute atomic E-state index is 0.0593. The highest BCUT2D eigenvalue weighted by Crippen LogP contribution is 2.25. The van der Waals surface area contributed by atoms with Gasteiger partial charge in [0, 0.05) is 0 Å². The number of carbonyl (C=O) groups excluding carboxylic acids is 2. The van der Waals surface area contributed by atoms with E-state index in [-0.39, 0.29) is 18.6 Å². The summed E-state index contributed by atoms with van der Waals surface area (Å²) in [7, 11) is 2.47. The molecular weight excluding hydrogens is 240 g/mol. The summed E-state index contributed by atoms with van der Waals surface area (Å²) in [6, 6.07) is 0. The first-order valence-corrected chi connectivity index (χ1v) is 5.42. The summed E-state index contributed by atoms with van der Waals surface area (Å²) in [5.74, 6) is 0. The summed E-state index contributed by atoms with van der Waals surface area (Å²) in [5, 5.41) is 0. The van der Waals surface area contributed by atoms with Crippen LogP contribution >= 0.6 is 0 Å². The quantitative estimate of drug-likeness (QED) is 0.571. The minimum Gasteiger partial charge on any atom is -0.438 e. The van der Waals surface area contributed by atoms with Gasteiger partial charge < -0.3 is 18.9 Å². The van der Waals surface area contributed by atoms with Gasteiger partial charge in [-0.25, -0.2) is 9.59 Å². The number of hydrogen-bond acceptors (Lipinski definition) is 6. The third kappa shape index (κ3) is 6.78. The number of hydrogen-bond donors (Lipinski definition) is 0. The molecule has 0 atom stereocenters. The smallest absolute Gasteiger partial charge is 0.438 e. The van der Waals surface area contributed by atoms with Crippen LogP contribution in [0.15, 0.2) is 11.6 Å². The maximum atomic E-state index is 10.9. The zero-order valence-electron chi connectivity index (χ0n) is 11.4. The van der Waals surface area contributed by atoms with Crippen LogP contribution in [0.3, 0.4) is 0 Å². The number of rotatable bonds is 4. The molecular formula is C12H20O6. The Balaban J connectivity index is 4.45. The average Bonchev–Trinajstić information content (AvgIpc) is 2.30. The van der Waals surface area contributed by atoms with E-state index >= 15 is 0 Å². The maximum Gasteiger partial charge on any atom is 0.508 e. The molecule has 0 N–H and O–H groups in total. The van der Waals surface area contributed by atoms with E-state index in [1.807, 2.05) is 20.8 Å². The Morgan fingerprint density at radius 2 is 1.50 bits per heavy atom. The fraction of sp³-hybridized carbons (Fsp3) is 0.667. The van der Waals surface area contributed by atoms with Crippen LogP contribution in [-0.4, -0.2) is 39.7 Å². The molecule has 0 heterocycles. The first-order chi connectivity index (χ1) is 8.31. The predicted octanol–water partition coefficient (Wildman–Crippen LogP) is 2.52. The van der Waals surface area contributed by atoms with Crippen molar-refractivity contribution in [2.24, 2.45) is 5.41 Å². The zero-order valence-corrected chi connectivity index (χ0v) is 11.4. The third-order valence-corrected chi connectivity index (χ3v) is 2.17. The molecule has 18 heavy (non-hydrogen) atoms. The van der Waals surface area contributed by atoms with Crippen LogP contribution in [0.2, 0.25) is 0 Å². The maximum absolute atomic E-state index is 10.9. The monoisotopic (exact) mass is 260 g/mol. The molecule has 0 amide bonds. The van der Waals surface area contributed by atoms with E-state index in [0.29, 0.717) is 0 Å². The van der Waals surface area contributed by atoms with Crippen molar-refractivity contribution in [3.63, 3.8) is 0 Å². The van der Waals surface area contributed by atoms with Gasteiger partial charge in [0.2, 0.25) is 0 Å². The van der Waals surface area contributed by atoms with Crippen molar-refractivity contribution < 1.29 is 28.5 Å². The Morgan fingerprint density at radius 1 is 1.00 bits per heavy atom. The summed E-state index contributed by atoms with van der Waals surface area (Å²) in [5.41, 5.74) is 0.602. The molecule has 104 valence electrons. The van der Waals surface area contributed by atoms with Crippen LogP contribution in [0, 0.1) is 5.41 Å². The van der Waals surface area contributed by atoms with Crippen molar-refractivity contribution in [3.8, 4) is 0 Å². The Morgan fingerprint density at radius 3 is 1.94 bits per heavy atom. The van der Waals surface area contributed by atoms with E-state index in [1.54, 1.807) is 6.08 Å². The molecule has 0 saturated heterocycles. The van der Waals surface area contributed by atoms with Crippen LogP contribution in [0.4, 0.5) is 9.59 Å². The van der Waals surface area contributed by atoms with Gasteiger partial charge in [-0.05, 0) is 17.1 Å². The van der Waals surface area contributed by atoms with Crippen molar-refractivity contribution in [3.05, 3.63) is 11.6 Å². The lowest BCUT2D eigenvalue weighted by atomic mass is 9.87. The molecule has 0 aromatic rings. The van der Waals surface area contributed by atoms with E-state index in [4.69, 9.17) is 9.47 Å². The molecule has 0 fully saturated rings. The summed E-state index contributed by atoms with van der Waals surface area (Å²) < 4.78 is 18.3. The molecule has 0 rings (SSSR count). The molecule has 6 heteroatoms. The normalized spacial score (nSPS) is 11.7. The van der Waals surface area contributed by atoms with Crippen LogP contribution in [0.5, 0.6) is 0 Å². The first kappa shape index (κ1) is 16.3. The van der Waals surface area contributed by atoms with E-state index in [0.717, 1.165) is 5.57 Å². The lowest BCUT2D eigenvalue weighted by molar-refractivity contribution is 0.0738. The average molecular weight is 260 g/mol. The molecule has 0 saturated carbocycles. The number of methoxy groups -OCH3 is 2. The van der Waals surface area contributed by atoms with Gasteiger partial charge in [-0.15, -0.1) is 0 Å². The Hall–Kier alpha value is -1.72. The molecule has 0 aliphatic heterocycles. The van der Waals surface area contributed by atoms with E-state index in [1.165, 1.54) is 14.2 Å². The van der Waals surface area contributed by atoms with Crippen LogP contribution in [0.1, 0.15) is 20.8 Å². The molecule has 0 radical (unpaired) electrons. The largest absolute Gasteiger partial charge is 0.508 e. The molecule has 0 spiro atoms. The Bertz CT molecular complexity index is 313. The minimum atomic E-state index is -0.756. The number of ether oxygens (including phenoxy) is 4. The topological polar surface area (TPSA) is 71.1 Å². The zero-order chi connectivity index (χ0) is 14.2. The van der Waals surface area contributed by atoms with E-state index < -0.39 is 12.3 Å². The summed E-state index contributed by atoms with van der Waals surface area (Å²) in [6.45, 7) is 6.01. The number of carbonyl (C=O) groups is 2. The van der Waals surface area contributed by atoms with Gasteiger partial charge in [-0.1, -0.05) is 20.8 Å². The van der Waals surface area contributed by atoms with Gasteiger partial charge in [0.25, 0.3) is 0 Å². The Labute approximate surface area is 107 Å². The highest BCUT2D eigenvalue weighted by atomic mass is 16.7. The van der Waals surface area contributed by atoms with Crippen molar-refractivity contribution in [1.29, 1.82) is 0 Å². The second-order valence-corrected chi connectivity index (χ2v) is 4.49. The predicted molar refractivity (Wildman–Crippen MR) is 64.3 cm³/mol. The first-order valence-electron chi connectivity index (χ1n) is 5.42. The van der Waals surface area contributed by atoms with Crippen molar-refractivity contribution in [2.75, 3.05) is 27.4 Å². The third-order valence-electron chi connectivity index (χ3n) is 2.17. The molecule has 0 bridgehead atoms. The van der Waals surface area contributed by atoms with Gasteiger partial charge in [0.15, 0.2) is 0 Å². The molecule has 0 unspecified atom stereocenters. The second-order valence-electron chi connectivity index (χ2n) is 4.49. The SMILES string of the molecule is COC(=O)OC/C=C(/COC(=O)OC)C(C)(C)C. The Kier molecular flexibility index (Phi) is 6.85. The fourth-order valence-corrected chi connectivity index (χ4v) is 1.05. The summed E-state index contributed by atoms with van der Waals surface area (Å²) in [6.07, 6.45) is 0.173. The van der Waals surface area contributed by atoms with Crippen molar-refractivity contribution >= 4 is 12.3 Å². The molecule has 0 aromatic carbocycles. The highest BCUT2D eigenvalue weighted by molar-refractivity contribution is 5.60. The van der Waals surface area contributed by atoms with Crippen molar-refractivity contribution in [1.82, 2.24) is 0 Å². The molecule has 0 aromatic heterocycles. The van der Waals surface area contributed by atoms with Gasteiger partial charge in [0.05, 0.1) is 14.2 Å². The van der Waals surface area contributed by atoms with Crippen LogP contribution in [-0.2, 0) is 18.9 Å². The molecule has 0 aliphatic carbocycles.